The maximum absolute atomic E-state index is 5.49. The number of methoxy groups -OCH3 is 1. The summed E-state index contributed by atoms with van der Waals surface area (Å²) in [5.41, 5.74) is 5.49. The lowest BCUT2D eigenvalue weighted by atomic mass is 9.94. The minimum atomic E-state index is 0.301. The second-order valence-electron chi connectivity index (χ2n) is 3.33. The van der Waals surface area contributed by atoms with Crippen LogP contribution in [0, 0.1) is 5.92 Å². The topological polar surface area (TPSA) is 44.5 Å². The van der Waals surface area contributed by atoms with Gasteiger partial charge in [0.15, 0.2) is 0 Å². The summed E-state index contributed by atoms with van der Waals surface area (Å²) < 4.78 is 10.8. The molecule has 0 aromatic heterocycles. The van der Waals surface area contributed by atoms with Crippen LogP contribution in [-0.2, 0) is 9.47 Å². The maximum Gasteiger partial charge on any atom is 0.0633 e. The monoisotopic (exact) mass is 173 g/mol. The van der Waals surface area contributed by atoms with Crippen LogP contribution in [0.3, 0.4) is 0 Å². The van der Waals surface area contributed by atoms with Crippen molar-refractivity contribution >= 4 is 0 Å². The molecule has 0 spiro atoms. The number of rotatable bonds is 4. The van der Waals surface area contributed by atoms with E-state index in [1.54, 1.807) is 7.11 Å². The van der Waals surface area contributed by atoms with Gasteiger partial charge in [0.1, 0.15) is 0 Å². The zero-order valence-electron chi connectivity index (χ0n) is 7.79. The van der Waals surface area contributed by atoms with Gasteiger partial charge in [-0.2, -0.15) is 0 Å². The predicted octanol–water partition coefficient (Wildman–Crippen LogP) is 0.777. The molecular formula is C9H19NO2. The first-order chi connectivity index (χ1) is 5.88. The third-order valence-corrected chi connectivity index (χ3v) is 2.48. The Morgan fingerprint density at radius 3 is 3.00 bits per heavy atom. The average Bonchev–Trinajstić information content (AvgIpc) is 2.15. The van der Waals surface area contributed by atoms with Crippen molar-refractivity contribution in [2.75, 3.05) is 26.9 Å². The van der Waals surface area contributed by atoms with E-state index in [2.05, 4.69) is 0 Å². The molecule has 3 nitrogen and oxygen atoms in total. The smallest absolute Gasteiger partial charge is 0.0633 e. The summed E-state index contributed by atoms with van der Waals surface area (Å²) in [5, 5.41) is 0. The van der Waals surface area contributed by atoms with Gasteiger partial charge < -0.3 is 15.2 Å². The minimum absolute atomic E-state index is 0.301. The Morgan fingerprint density at radius 1 is 1.67 bits per heavy atom. The van der Waals surface area contributed by atoms with E-state index in [0.29, 0.717) is 18.6 Å². The first kappa shape index (κ1) is 9.96. The van der Waals surface area contributed by atoms with E-state index >= 15 is 0 Å². The first-order valence-corrected chi connectivity index (χ1v) is 4.69. The number of hydrogen-bond acceptors (Lipinski definition) is 3. The first-order valence-electron chi connectivity index (χ1n) is 4.69. The van der Waals surface area contributed by atoms with Crippen LogP contribution in [0.1, 0.15) is 19.3 Å². The molecular weight excluding hydrogens is 154 g/mol. The second kappa shape index (κ2) is 5.51. The van der Waals surface area contributed by atoms with E-state index in [1.807, 2.05) is 0 Å². The van der Waals surface area contributed by atoms with Gasteiger partial charge in [0, 0.05) is 19.6 Å². The van der Waals surface area contributed by atoms with Crippen LogP contribution in [0.2, 0.25) is 0 Å². The standard InChI is InChI=1S/C9H19NO2/c1-11-9(4-5-10)8-3-2-6-12-7-8/h8-9H,2-7,10H2,1H3. The van der Waals surface area contributed by atoms with E-state index in [0.717, 1.165) is 26.1 Å². The molecule has 1 aliphatic heterocycles. The number of ether oxygens (including phenoxy) is 2. The molecule has 0 aliphatic carbocycles. The van der Waals surface area contributed by atoms with E-state index < -0.39 is 0 Å². The third-order valence-electron chi connectivity index (χ3n) is 2.48. The van der Waals surface area contributed by atoms with Crippen LogP contribution in [0.25, 0.3) is 0 Å². The van der Waals surface area contributed by atoms with Crippen LogP contribution >= 0.6 is 0 Å². The highest BCUT2D eigenvalue weighted by Crippen LogP contribution is 2.20. The highest BCUT2D eigenvalue weighted by atomic mass is 16.5. The van der Waals surface area contributed by atoms with Gasteiger partial charge in [0.2, 0.25) is 0 Å². The molecule has 1 saturated heterocycles. The summed E-state index contributed by atoms with van der Waals surface area (Å²) in [6.07, 6.45) is 3.63. The average molecular weight is 173 g/mol. The fraction of sp³-hybridized carbons (Fsp3) is 1.00. The zero-order chi connectivity index (χ0) is 8.81. The molecule has 0 saturated carbocycles. The molecule has 2 unspecified atom stereocenters. The Bertz CT molecular complexity index is 110. The van der Waals surface area contributed by atoms with Crippen LogP contribution in [0.4, 0.5) is 0 Å². The van der Waals surface area contributed by atoms with Crippen molar-refractivity contribution in [2.45, 2.75) is 25.4 Å². The number of hydrogen-bond donors (Lipinski definition) is 1. The van der Waals surface area contributed by atoms with Crippen LogP contribution in [-0.4, -0.2) is 33.0 Å². The van der Waals surface area contributed by atoms with Gasteiger partial charge in [-0.05, 0) is 25.8 Å². The van der Waals surface area contributed by atoms with Crippen molar-refractivity contribution in [2.24, 2.45) is 11.7 Å². The summed E-state index contributed by atoms with van der Waals surface area (Å²) >= 11 is 0. The molecule has 2 atom stereocenters. The zero-order valence-corrected chi connectivity index (χ0v) is 7.79. The fourth-order valence-electron chi connectivity index (χ4n) is 1.77. The largest absolute Gasteiger partial charge is 0.381 e. The summed E-state index contributed by atoms with van der Waals surface area (Å²) in [4.78, 5) is 0. The summed E-state index contributed by atoms with van der Waals surface area (Å²) in [5.74, 6) is 0.562. The Balaban J connectivity index is 2.29. The van der Waals surface area contributed by atoms with Gasteiger partial charge in [-0.1, -0.05) is 0 Å². The lowest BCUT2D eigenvalue weighted by Crippen LogP contribution is -2.32. The Kier molecular flexibility index (Phi) is 4.58. The quantitative estimate of drug-likeness (QED) is 0.683. The molecule has 0 radical (unpaired) electrons. The van der Waals surface area contributed by atoms with Gasteiger partial charge in [-0.25, -0.2) is 0 Å². The normalized spacial score (nSPS) is 27.0. The predicted molar refractivity (Wildman–Crippen MR) is 48.0 cm³/mol. The lowest BCUT2D eigenvalue weighted by molar-refractivity contribution is -0.0305. The van der Waals surface area contributed by atoms with Crippen LogP contribution in [0.5, 0.6) is 0 Å². The molecule has 0 bridgehead atoms. The van der Waals surface area contributed by atoms with Gasteiger partial charge in [-0.3, -0.25) is 0 Å². The highest BCUT2D eigenvalue weighted by molar-refractivity contribution is 4.73. The second-order valence-corrected chi connectivity index (χ2v) is 3.33. The summed E-state index contributed by atoms with van der Waals surface area (Å²) in [6, 6.07) is 0. The minimum Gasteiger partial charge on any atom is -0.381 e. The van der Waals surface area contributed by atoms with Crippen molar-refractivity contribution in [3.8, 4) is 0 Å². The molecule has 3 heteroatoms. The van der Waals surface area contributed by atoms with Crippen LogP contribution < -0.4 is 5.73 Å². The molecule has 12 heavy (non-hydrogen) atoms. The Labute approximate surface area is 74.2 Å². The molecule has 0 amide bonds. The fourth-order valence-corrected chi connectivity index (χ4v) is 1.77. The highest BCUT2D eigenvalue weighted by Gasteiger charge is 2.22. The molecule has 1 heterocycles. The molecule has 1 rings (SSSR count). The van der Waals surface area contributed by atoms with Crippen molar-refractivity contribution in [1.29, 1.82) is 0 Å². The molecule has 2 N–H and O–H groups in total. The van der Waals surface area contributed by atoms with Gasteiger partial charge in [0.05, 0.1) is 12.7 Å². The van der Waals surface area contributed by atoms with E-state index in [-0.39, 0.29) is 0 Å². The van der Waals surface area contributed by atoms with E-state index in [4.69, 9.17) is 15.2 Å². The summed E-state index contributed by atoms with van der Waals surface area (Å²) in [6.45, 7) is 2.46. The van der Waals surface area contributed by atoms with E-state index in [1.165, 1.54) is 6.42 Å². The molecule has 1 aliphatic rings. The van der Waals surface area contributed by atoms with Gasteiger partial charge in [0.25, 0.3) is 0 Å². The molecule has 1 fully saturated rings. The molecule has 0 aromatic carbocycles. The van der Waals surface area contributed by atoms with Gasteiger partial charge in [-0.15, -0.1) is 0 Å². The summed E-state index contributed by atoms with van der Waals surface area (Å²) in [7, 11) is 1.76. The molecule has 0 aromatic rings. The van der Waals surface area contributed by atoms with Crippen molar-refractivity contribution in [3.05, 3.63) is 0 Å². The van der Waals surface area contributed by atoms with Gasteiger partial charge >= 0.3 is 0 Å². The Morgan fingerprint density at radius 2 is 2.50 bits per heavy atom. The van der Waals surface area contributed by atoms with Crippen molar-refractivity contribution in [3.63, 3.8) is 0 Å². The SMILES string of the molecule is COC(CCN)C1CCCOC1. The van der Waals surface area contributed by atoms with Crippen molar-refractivity contribution in [1.82, 2.24) is 0 Å². The van der Waals surface area contributed by atoms with E-state index in [9.17, 15) is 0 Å². The third kappa shape index (κ3) is 2.73. The van der Waals surface area contributed by atoms with Crippen LogP contribution in [0.15, 0.2) is 0 Å². The lowest BCUT2D eigenvalue weighted by Gasteiger charge is -2.28. The maximum atomic E-state index is 5.49. The van der Waals surface area contributed by atoms with Crippen molar-refractivity contribution < 1.29 is 9.47 Å². The Hall–Kier alpha value is -0.120. The molecule has 72 valence electrons. The number of nitrogens with two attached hydrogens (primary N) is 1.